The molecule has 1 amide bonds. The fourth-order valence-corrected chi connectivity index (χ4v) is 4.76. The van der Waals surface area contributed by atoms with E-state index in [9.17, 15) is 18.8 Å². The number of aromatic nitrogens is 1. The van der Waals surface area contributed by atoms with Gasteiger partial charge >= 0.3 is 11.9 Å². The molecule has 10 heteroatoms. The lowest BCUT2D eigenvalue weighted by molar-refractivity contribution is -0.155. The first-order chi connectivity index (χ1) is 18.1. The minimum atomic E-state index is -0.633. The quantitative estimate of drug-likeness (QED) is 0.291. The second-order valence-electron chi connectivity index (χ2n) is 11.0. The van der Waals surface area contributed by atoms with Crippen molar-refractivity contribution in [3.63, 3.8) is 0 Å². The maximum Gasteiger partial charge on any atom is 0.310 e. The molecule has 1 N–H and O–H groups in total. The third-order valence-electron chi connectivity index (χ3n) is 5.06. The third kappa shape index (κ3) is 9.44. The van der Waals surface area contributed by atoms with E-state index in [2.05, 4.69) is 10.3 Å². The molecule has 208 valence electrons. The standard InChI is InChI=1S/C29H32ClFN2O5S/c1-28(2,3)37-22(34)12-11-17-13-19(15-20(31)14-17)27-33-24(25(30)39-27)26(36)32-21-10-8-7-9-18(21)16-23(35)38-29(4,5)6/h7-10,13-15H,11-12,16H2,1-6H3,(H,32,36). The van der Waals surface area contributed by atoms with Crippen LogP contribution in [0.25, 0.3) is 10.6 Å². The number of ether oxygens (including phenoxy) is 2. The zero-order valence-electron chi connectivity index (χ0n) is 22.8. The third-order valence-corrected chi connectivity index (χ3v) is 6.37. The summed E-state index contributed by atoms with van der Waals surface area (Å²) >= 11 is 7.40. The van der Waals surface area contributed by atoms with E-state index in [1.165, 1.54) is 12.1 Å². The number of rotatable bonds is 8. The molecule has 39 heavy (non-hydrogen) atoms. The number of hydrogen-bond acceptors (Lipinski definition) is 7. The molecule has 3 aromatic rings. The fourth-order valence-electron chi connectivity index (χ4n) is 3.63. The molecule has 0 aliphatic rings. The summed E-state index contributed by atoms with van der Waals surface area (Å²) in [6.07, 6.45) is 0.342. The number of aryl methyl sites for hydroxylation is 1. The maximum atomic E-state index is 14.4. The zero-order chi connectivity index (χ0) is 29.0. The summed E-state index contributed by atoms with van der Waals surface area (Å²) in [6.45, 7) is 10.7. The topological polar surface area (TPSA) is 94.6 Å². The number of nitrogens with zero attached hydrogens (tertiary/aromatic N) is 1. The lowest BCUT2D eigenvalue weighted by atomic mass is 10.1. The second kappa shape index (κ2) is 12.3. The van der Waals surface area contributed by atoms with Crippen molar-refractivity contribution in [2.75, 3.05) is 5.32 Å². The molecule has 0 aliphatic heterocycles. The molecule has 1 heterocycles. The Morgan fingerprint density at radius 2 is 1.62 bits per heavy atom. The Kier molecular flexibility index (Phi) is 9.51. The number of hydrogen-bond donors (Lipinski definition) is 1. The van der Waals surface area contributed by atoms with E-state index in [-0.39, 0.29) is 35.3 Å². The van der Waals surface area contributed by atoms with Gasteiger partial charge in [-0.2, -0.15) is 0 Å². The van der Waals surface area contributed by atoms with Gasteiger partial charge in [0.15, 0.2) is 5.69 Å². The predicted molar refractivity (Wildman–Crippen MR) is 151 cm³/mol. The SMILES string of the molecule is CC(C)(C)OC(=O)CCc1cc(F)cc(-c2nc(C(=O)Nc3ccccc3CC(=O)OC(C)(C)C)c(Cl)s2)c1. The van der Waals surface area contributed by atoms with Crippen molar-refractivity contribution >= 4 is 46.5 Å². The van der Waals surface area contributed by atoms with Gasteiger partial charge in [-0.25, -0.2) is 9.37 Å². The maximum absolute atomic E-state index is 14.4. The van der Waals surface area contributed by atoms with Crippen LogP contribution in [-0.4, -0.2) is 34.0 Å². The van der Waals surface area contributed by atoms with E-state index in [1.807, 2.05) is 0 Å². The molecule has 1 aromatic heterocycles. The smallest absolute Gasteiger partial charge is 0.310 e. The van der Waals surface area contributed by atoms with Gasteiger partial charge in [-0.1, -0.05) is 29.8 Å². The van der Waals surface area contributed by atoms with E-state index in [1.54, 1.807) is 71.9 Å². The molecule has 0 spiro atoms. The molecule has 0 radical (unpaired) electrons. The van der Waals surface area contributed by atoms with Crippen molar-refractivity contribution in [2.45, 2.75) is 72.0 Å². The Morgan fingerprint density at radius 1 is 0.974 bits per heavy atom. The molecule has 7 nitrogen and oxygen atoms in total. The minimum absolute atomic E-state index is 0.0247. The van der Waals surface area contributed by atoms with Crippen LogP contribution >= 0.6 is 22.9 Å². The average molecular weight is 575 g/mol. The molecular formula is C29H32ClFN2O5S. The van der Waals surface area contributed by atoms with Crippen LogP contribution in [0.15, 0.2) is 42.5 Å². The van der Waals surface area contributed by atoms with Crippen molar-refractivity contribution in [3.05, 3.63) is 69.4 Å². The van der Waals surface area contributed by atoms with Crippen molar-refractivity contribution in [1.82, 2.24) is 4.98 Å². The van der Waals surface area contributed by atoms with Crippen molar-refractivity contribution in [2.24, 2.45) is 0 Å². The van der Waals surface area contributed by atoms with Gasteiger partial charge in [0.2, 0.25) is 0 Å². The molecular weight excluding hydrogens is 543 g/mol. The Labute approximate surface area is 236 Å². The predicted octanol–water partition coefficient (Wildman–Crippen LogP) is 7.01. The van der Waals surface area contributed by atoms with Crippen LogP contribution in [0.2, 0.25) is 4.34 Å². The van der Waals surface area contributed by atoms with E-state index < -0.39 is 28.9 Å². The molecule has 0 unspecified atom stereocenters. The summed E-state index contributed by atoms with van der Waals surface area (Å²) in [6, 6.07) is 11.2. The highest BCUT2D eigenvalue weighted by Crippen LogP contribution is 2.33. The first kappa shape index (κ1) is 30.2. The Hall–Kier alpha value is -3.30. The number of para-hydroxylation sites is 1. The Balaban J connectivity index is 1.76. The van der Waals surface area contributed by atoms with Crippen LogP contribution < -0.4 is 5.32 Å². The molecule has 0 bridgehead atoms. The van der Waals surface area contributed by atoms with Gasteiger partial charge in [0.25, 0.3) is 5.91 Å². The summed E-state index contributed by atoms with van der Waals surface area (Å²) < 4.78 is 25.3. The Morgan fingerprint density at radius 3 is 2.28 bits per heavy atom. The molecule has 0 saturated heterocycles. The van der Waals surface area contributed by atoms with Crippen molar-refractivity contribution in [3.8, 4) is 10.6 Å². The van der Waals surface area contributed by atoms with Gasteiger partial charge in [0.05, 0.1) is 6.42 Å². The number of amides is 1. The lowest BCUT2D eigenvalue weighted by Gasteiger charge is -2.20. The molecule has 3 rings (SSSR count). The normalized spacial score (nSPS) is 11.7. The van der Waals surface area contributed by atoms with Crippen LogP contribution in [0.1, 0.15) is 69.6 Å². The minimum Gasteiger partial charge on any atom is -0.460 e. The first-order valence-corrected chi connectivity index (χ1v) is 13.6. The van der Waals surface area contributed by atoms with Gasteiger partial charge in [-0.15, -0.1) is 11.3 Å². The highest BCUT2D eigenvalue weighted by atomic mass is 35.5. The molecule has 0 atom stereocenters. The summed E-state index contributed by atoms with van der Waals surface area (Å²) in [4.78, 5) is 41.8. The molecule has 0 fully saturated rings. The van der Waals surface area contributed by atoms with Crippen LogP contribution in [0.4, 0.5) is 10.1 Å². The highest BCUT2D eigenvalue weighted by molar-refractivity contribution is 7.19. The number of thiazole rings is 1. The second-order valence-corrected chi connectivity index (χ2v) is 12.6. The number of carbonyl (C=O) groups excluding carboxylic acids is 3. The summed E-state index contributed by atoms with van der Waals surface area (Å²) in [5.41, 5.74) is 0.764. The Bertz CT molecular complexity index is 1370. The van der Waals surface area contributed by atoms with Crippen LogP contribution in [0.3, 0.4) is 0 Å². The largest absolute Gasteiger partial charge is 0.460 e. The van der Waals surface area contributed by atoms with E-state index in [4.69, 9.17) is 21.1 Å². The van der Waals surface area contributed by atoms with E-state index in [0.717, 1.165) is 11.3 Å². The number of carbonyl (C=O) groups is 3. The van der Waals surface area contributed by atoms with Gasteiger partial charge in [-0.3, -0.25) is 14.4 Å². The monoisotopic (exact) mass is 574 g/mol. The number of esters is 2. The lowest BCUT2D eigenvalue weighted by Crippen LogP contribution is -2.25. The van der Waals surface area contributed by atoms with Gasteiger partial charge in [0, 0.05) is 17.7 Å². The number of nitrogens with one attached hydrogen (secondary N) is 1. The number of anilines is 1. The van der Waals surface area contributed by atoms with Crippen molar-refractivity contribution in [1.29, 1.82) is 0 Å². The molecule has 0 saturated carbocycles. The molecule has 0 aliphatic carbocycles. The fraction of sp³-hybridized carbons (Fsp3) is 0.379. The van der Waals surface area contributed by atoms with Crippen LogP contribution in [-0.2, 0) is 31.9 Å². The summed E-state index contributed by atoms with van der Waals surface area (Å²) in [7, 11) is 0. The number of benzene rings is 2. The number of halogens is 2. The average Bonchev–Trinajstić information content (AvgIpc) is 3.18. The first-order valence-electron chi connectivity index (χ1n) is 12.4. The van der Waals surface area contributed by atoms with Gasteiger partial charge < -0.3 is 14.8 Å². The summed E-state index contributed by atoms with van der Waals surface area (Å²) in [5.74, 6) is -1.87. The van der Waals surface area contributed by atoms with Crippen LogP contribution in [0.5, 0.6) is 0 Å². The van der Waals surface area contributed by atoms with Crippen LogP contribution in [0, 0.1) is 5.82 Å². The van der Waals surface area contributed by atoms with Gasteiger partial charge in [-0.05, 0) is 83.4 Å². The van der Waals surface area contributed by atoms with Gasteiger partial charge in [0.1, 0.15) is 26.4 Å². The summed E-state index contributed by atoms with van der Waals surface area (Å²) in [5, 5.41) is 3.11. The van der Waals surface area contributed by atoms with E-state index in [0.29, 0.717) is 27.4 Å². The van der Waals surface area contributed by atoms with E-state index >= 15 is 0 Å². The van der Waals surface area contributed by atoms with Crippen molar-refractivity contribution < 1.29 is 28.2 Å². The molecule has 2 aromatic carbocycles. The zero-order valence-corrected chi connectivity index (χ0v) is 24.4. The highest BCUT2D eigenvalue weighted by Gasteiger charge is 2.22.